The van der Waals surface area contributed by atoms with Gasteiger partial charge in [0.15, 0.2) is 0 Å². The number of carbonyl (C=O) groups excluding carboxylic acids is 1. The van der Waals surface area contributed by atoms with Crippen molar-refractivity contribution in [3.05, 3.63) is 34.6 Å². The lowest BCUT2D eigenvalue weighted by molar-refractivity contribution is -0.148. The smallest absolute Gasteiger partial charge is 0.326 e. The zero-order valence-electron chi connectivity index (χ0n) is 11.1. The van der Waals surface area contributed by atoms with Crippen LogP contribution in [0.3, 0.4) is 0 Å². The molecular weight excluding hydrogens is 285 g/mol. The molecule has 4 nitrogen and oxygen atoms in total. The Kier molecular flexibility index (Phi) is 3.99. The fourth-order valence-corrected chi connectivity index (χ4v) is 2.57. The van der Waals surface area contributed by atoms with Crippen molar-refractivity contribution in [3.63, 3.8) is 0 Å². The summed E-state index contributed by atoms with van der Waals surface area (Å²) in [7, 11) is 1.44. The molecule has 0 unspecified atom stereocenters. The van der Waals surface area contributed by atoms with Crippen LogP contribution < -0.4 is 0 Å². The number of amides is 1. The largest absolute Gasteiger partial charge is 0.480 e. The summed E-state index contributed by atoms with van der Waals surface area (Å²) in [6.45, 7) is 1.44. The van der Waals surface area contributed by atoms with E-state index in [9.17, 15) is 14.0 Å². The van der Waals surface area contributed by atoms with Gasteiger partial charge in [0.1, 0.15) is 11.9 Å². The van der Waals surface area contributed by atoms with E-state index in [0.717, 1.165) is 0 Å². The summed E-state index contributed by atoms with van der Waals surface area (Å²) in [4.78, 5) is 24.2. The standard InChI is InChI=1S/C14H15ClFNO3/c1-7(14(19)20)17(2)13(18)9-6-8(9)12-10(15)4-3-5-11(12)16/h3-5,7-9H,6H2,1-2H3,(H,19,20)/t7-,8+,9+/m1/s1. The van der Waals surface area contributed by atoms with Gasteiger partial charge in [-0.05, 0) is 25.5 Å². The van der Waals surface area contributed by atoms with E-state index >= 15 is 0 Å². The maximum Gasteiger partial charge on any atom is 0.326 e. The summed E-state index contributed by atoms with van der Waals surface area (Å²) >= 11 is 5.97. The average Bonchev–Trinajstić information content (AvgIpc) is 3.16. The number of carboxylic acids is 1. The molecule has 20 heavy (non-hydrogen) atoms. The Balaban J connectivity index is 2.12. The predicted molar refractivity (Wildman–Crippen MR) is 72.1 cm³/mol. The molecule has 3 atom stereocenters. The van der Waals surface area contributed by atoms with Crippen LogP contribution >= 0.6 is 11.6 Å². The summed E-state index contributed by atoms with van der Waals surface area (Å²) in [5, 5.41) is 9.20. The van der Waals surface area contributed by atoms with Gasteiger partial charge in [-0.3, -0.25) is 4.79 Å². The fourth-order valence-electron chi connectivity index (χ4n) is 2.27. The van der Waals surface area contributed by atoms with Crippen molar-refractivity contribution >= 4 is 23.5 Å². The van der Waals surface area contributed by atoms with E-state index in [2.05, 4.69) is 0 Å². The first-order valence-electron chi connectivity index (χ1n) is 6.28. The average molecular weight is 300 g/mol. The molecule has 1 saturated carbocycles. The van der Waals surface area contributed by atoms with Crippen LogP contribution in [0.25, 0.3) is 0 Å². The third-order valence-electron chi connectivity index (χ3n) is 3.76. The normalized spacial score (nSPS) is 22.2. The number of aliphatic carboxylic acids is 1. The van der Waals surface area contributed by atoms with Gasteiger partial charge in [-0.15, -0.1) is 0 Å². The molecule has 0 aliphatic heterocycles. The quantitative estimate of drug-likeness (QED) is 0.929. The Morgan fingerprint density at radius 1 is 1.50 bits per heavy atom. The first-order valence-corrected chi connectivity index (χ1v) is 6.65. The minimum absolute atomic E-state index is 0.264. The van der Waals surface area contributed by atoms with Crippen molar-refractivity contribution in [2.75, 3.05) is 7.05 Å². The van der Waals surface area contributed by atoms with Crippen LogP contribution in [0.5, 0.6) is 0 Å². The van der Waals surface area contributed by atoms with Crippen molar-refractivity contribution in [3.8, 4) is 0 Å². The highest BCUT2D eigenvalue weighted by Gasteiger charge is 2.48. The Morgan fingerprint density at radius 2 is 2.15 bits per heavy atom. The molecule has 1 aliphatic rings. The van der Waals surface area contributed by atoms with Gasteiger partial charge in [-0.2, -0.15) is 0 Å². The van der Waals surface area contributed by atoms with Gasteiger partial charge in [0, 0.05) is 29.5 Å². The molecule has 6 heteroatoms. The summed E-state index contributed by atoms with van der Waals surface area (Å²) in [6, 6.07) is 3.51. The van der Waals surface area contributed by atoms with Crippen molar-refractivity contribution in [2.24, 2.45) is 5.92 Å². The minimum Gasteiger partial charge on any atom is -0.480 e. The molecule has 0 aromatic heterocycles. The van der Waals surface area contributed by atoms with Gasteiger partial charge in [-0.25, -0.2) is 9.18 Å². The van der Waals surface area contributed by atoms with Gasteiger partial charge >= 0.3 is 5.97 Å². The Morgan fingerprint density at radius 3 is 2.70 bits per heavy atom. The van der Waals surface area contributed by atoms with Crippen LogP contribution in [0.15, 0.2) is 18.2 Å². The highest BCUT2D eigenvalue weighted by atomic mass is 35.5. The van der Waals surface area contributed by atoms with Crippen LogP contribution in [-0.4, -0.2) is 35.0 Å². The molecule has 2 rings (SSSR count). The van der Waals surface area contributed by atoms with Crippen molar-refractivity contribution in [2.45, 2.75) is 25.3 Å². The number of rotatable bonds is 4. The Labute approximate surface area is 121 Å². The number of benzene rings is 1. The zero-order chi connectivity index (χ0) is 15.0. The first-order chi connectivity index (χ1) is 9.34. The molecule has 108 valence electrons. The van der Waals surface area contributed by atoms with Gasteiger partial charge in [0.25, 0.3) is 0 Å². The highest BCUT2D eigenvalue weighted by Crippen LogP contribution is 2.51. The number of likely N-dealkylation sites (N-methyl/N-ethyl adjacent to an activating group) is 1. The Hall–Kier alpha value is -1.62. The van der Waals surface area contributed by atoms with Crippen LogP contribution in [-0.2, 0) is 9.59 Å². The molecular formula is C14H15ClFNO3. The van der Waals surface area contributed by atoms with Crippen molar-refractivity contribution in [1.29, 1.82) is 0 Å². The lowest BCUT2D eigenvalue weighted by Gasteiger charge is -2.21. The van der Waals surface area contributed by atoms with E-state index in [1.165, 1.54) is 31.0 Å². The van der Waals surface area contributed by atoms with E-state index in [0.29, 0.717) is 17.0 Å². The molecule has 0 heterocycles. The molecule has 0 saturated heterocycles. The van der Waals surface area contributed by atoms with E-state index in [1.54, 1.807) is 6.07 Å². The Bertz CT molecular complexity index is 543. The van der Waals surface area contributed by atoms with E-state index < -0.39 is 23.7 Å². The van der Waals surface area contributed by atoms with Crippen LogP contribution in [0, 0.1) is 11.7 Å². The second-order valence-electron chi connectivity index (χ2n) is 5.05. The second-order valence-corrected chi connectivity index (χ2v) is 5.45. The molecule has 0 bridgehead atoms. The molecule has 1 N–H and O–H groups in total. The summed E-state index contributed by atoms with van der Waals surface area (Å²) in [5.41, 5.74) is 0.351. The molecule has 1 aromatic rings. The summed E-state index contributed by atoms with van der Waals surface area (Å²) in [6.07, 6.45) is 0.496. The third-order valence-corrected chi connectivity index (χ3v) is 4.09. The second kappa shape index (κ2) is 5.40. The lowest BCUT2D eigenvalue weighted by atomic mass is 10.1. The number of nitrogens with zero attached hydrogens (tertiary/aromatic N) is 1. The van der Waals surface area contributed by atoms with Gasteiger partial charge in [-0.1, -0.05) is 17.7 Å². The van der Waals surface area contributed by atoms with E-state index in [4.69, 9.17) is 16.7 Å². The number of halogens is 2. The minimum atomic E-state index is -1.07. The number of hydrogen-bond donors (Lipinski definition) is 1. The SMILES string of the molecule is C[C@H](C(=O)O)N(C)C(=O)[C@H]1C[C@@H]1c1c(F)cccc1Cl. The van der Waals surface area contributed by atoms with Crippen molar-refractivity contribution < 1.29 is 19.1 Å². The molecule has 0 spiro atoms. The van der Waals surface area contributed by atoms with Gasteiger partial charge < -0.3 is 10.0 Å². The van der Waals surface area contributed by atoms with Crippen LogP contribution in [0.1, 0.15) is 24.8 Å². The van der Waals surface area contributed by atoms with Gasteiger partial charge in [0.05, 0.1) is 0 Å². The molecule has 1 aliphatic carbocycles. The monoisotopic (exact) mass is 299 g/mol. The summed E-state index contributed by atoms with van der Waals surface area (Å²) in [5.74, 6) is -2.44. The van der Waals surface area contributed by atoms with E-state index in [-0.39, 0.29) is 11.8 Å². The number of hydrogen-bond acceptors (Lipinski definition) is 2. The molecule has 0 radical (unpaired) electrons. The maximum atomic E-state index is 13.8. The summed E-state index contributed by atoms with van der Waals surface area (Å²) < 4.78 is 13.8. The topological polar surface area (TPSA) is 57.6 Å². The predicted octanol–water partition coefficient (Wildman–Crippen LogP) is 2.51. The lowest BCUT2D eigenvalue weighted by Crippen LogP contribution is -2.41. The highest BCUT2D eigenvalue weighted by molar-refractivity contribution is 6.31. The molecule has 1 fully saturated rings. The number of carbonyl (C=O) groups is 2. The molecule has 1 amide bonds. The number of carboxylic acid groups (broad SMARTS) is 1. The maximum absolute atomic E-state index is 13.8. The van der Waals surface area contributed by atoms with Gasteiger partial charge in [0.2, 0.25) is 5.91 Å². The van der Waals surface area contributed by atoms with Crippen LogP contribution in [0.4, 0.5) is 4.39 Å². The molecule has 1 aromatic carbocycles. The third kappa shape index (κ3) is 2.63. The first kappa shape index (κ1) is 14.8. The van der Waals surface area contributed by atoms with Crippen LogP contribution in [0.2, 0.25) is 5.02 Å². The zero-order valence-corrected chi connectivity index (χ0v) is 11.9. The van der Waals surface area contributed by atoms with E-state index in [1.807, 2.05) is 0 Å². The van der Waals surface area contributed by atoms with Crippen molar-refractivity contribution in [1.82, 2.24) is 4.90 Å². The fraction of sp³-hybridized carbons (Fsp3) is 0.429.